The molecule has 2 aromatic carbocycles. The van der Waals surface area contributed by atoms with Crippen LogP contribution in [0.25, 0.3) is 11.1 Å². The van der Waals surface area contributed by atoms with Crippen molar-refractivity contribution in [2.45, 2.75) is 96.3 Å². The molecule has 2 saturated carbocycles. The second kappa shape index (κ2) is 11.8. The maximum atomic E-state index is 15.1. The van der Waals surface area contributed by atoms with Gasteiger partial charge in [-0.2, -0.15) is 0 Å². The smallest absolute Gasteiger partial charge is 0.131 e. The zero-order valence-electron chi connectivity index (χ0n) is 21.0. The van der Waals surface area contributed by atoms with Crippen molar-refractivity contribution in [3.8, 4) is 11.1 Å². The van der Waals surface area contributed by atoms with Crippen LogP contribution in [0.5, 0.6) is 0 Å². The number of hydrogen-bond acceptors (Lipinski definition) is 1. The van der Waals surface area contributed by atoms with Gasteiger partial charge in [0.15, 0.2) is 0 Å². The van der Waals surface area contributed by atoms with Crippen LogP contribution < -0.4 is 0 Å². The predicted molar refractivity (Wildman–Crippen MR) is 137 cm³/mol. The number of hydrogen-bond donors (Lipinski definition) is 1. The number of halogens is 2. The molecule has 4 rings (SSSR count). The molecule has 0 saturated heterocycles. The van der Waals surface area contributed by atoms with Gasteiger partial charge >= 0.3 is 0 Å². The minimum absolute atomic E-state index is 0.206. The third-order valence-corrected chi connectivity index (χ3v) is 8.65. The number of aliphatic hydroxyl groups is 1. The van der Waals surface area contributed by atoms with Crippen molar-refractivity contribution in [3.05, 3.63) is 59.2 Å². The molecule has 1 N–H and O–H groups in total. The summed E-state index contributed by atoms with van der Waals surface area (Å²) in [7, 11) is 0. The number of aliphatic hydroxyl groups excluding tert-OH is 1. The molecule has 0 spiro atoms. The van der Waals surface area contributed by atoms with Gasteiger partial charge in [0.1, 0.15) is 11.6 Å². The number of benzene rings is 2. The lowest BCUT2D eigenvalue weighted by Gasteiger charge is -2.30. The minimum Gasteiger partial charge on any atom is -0.396 e. The van der Waals surface area contributed by atoms with Crippen molar-refractivity contribution < 1.29 is 13.9 Å². The molecule has 0 heterocycles. The predicted octanol–water partition coefficient (Wildman–Crippen LogP) is 9.00. The van der Waals surface area contributed by atoms with Crippen molar-refractivity contribution in [1.82, 2.24) is 0 Å². The molecule has 34 heavy (non-hydrogen) atoms. The molecular formula is C31H42F2O. The summed E-state index contributed by atoms with van der Waals surface area (Å²) >= 11 is 0. The Bertz CT molecular complexity index is 923. The molecule has 2 aliphatic carbocycles. The molecule has 0 aliphatic heterocycles. The molecule has 0 amide bonds. The Morgan fingerprint density at radius 3 is 2.12 bits per heavy atom. The fraction of sp³-hybridized carbons (Fsp3) is 0.613. The molecular weight excluding hydrogens is 426 g/mol. The van der Waals surface area contributed by atoms with Crippen molar-refractivity contribution in [2.75, 3.05) is 6.61 Å². The van der Waals surface area contributed by atoms with Crippen molar-refractivity contribution >= 4 is 0 Å². The quantitative estimate of drug-likeness (QED) is 0.410. The topological polar surface area (TPSA) is 20.2 Å². The van der Waals surface area contributed by atoms with Crippen LogP contribution in [0.2, 0.25) is 0 Å². The Balaban J connectivity index is 1.40. The summed E-state index contributed by atoms with van der Waals surface area (Å²) in [6.07, 6.45) is 12.6. The maximum absolute atomic E-state index is 15.1. The molecule has 0 bridgehead atoms. The first-order valence-corrected chi connectivity index (χ1v) is 13.7. The Labute approximate surface area is 205 Å². The maximum Gasteiger partial charge on any atom is 0.131 e. The van der Waals surface area contributed by atoms with Crippen LogP contribution in [0.1, 0.15) is 107 Å². The van der Waals surface area contributed by atoms with Gasteiger partial charge < -0.3 is 5.11 Å². The lowest BCUT2D eigenvalue weighted by Crippen LogP contribution is -2.17. The number of rotatable bonds is 8. The lowest BCUT2D eigenvalue weighted by atomic mass is 9.75. The van der Waals surface area contributed by atoms with E-state index in [1.165, 1.54) is 31.7 Å². The van der Waals surface area contributed by atoms with Crippen LogP contribution in [0.4, 0.5) is 8.78 Å². The normalized spacial score (nSPS) is 26.4. The first kappa shape index (κ1) is 25.4. The minimum atomic E-state index is -0.237. The zero-order valence-corrected chi connectivity index (χ0v) is 21.0. The highest BCUT2D eigenvalue weighted by Gasteiger charge is 2.26. The highest BCUT2D eigenvalue weighted by molar-refractivity contribution is 5.65. The van der Waals surface area contributed by atoms with Gasteiger partial charge in [-0.15, -0.1) is 0 Å². The van der Waals surface area contributed by atoms with E-state index in [9.17, 15) is 5.11 Å². The molecule has 2 aliphatic rings. The fourth-order valence-corrected chi connectivity index (χ4v) is 6.59. The summed E-state index contributed by atoms with van der Waals surface area (Å²) in [5.74, 6) is 2.06. The highest BCUT2D eigenvalue weighted by atomic mass is 19.1. The molecule has 2 aromatic rings. The SMILES string of the molecule is CCCC1CCC(c2ccc(-c3ccc(C4CCC(CC(C)CO)CC4)c(F)c3)c(F)c2)CC1. The van der Waals surface area contributed by atoms with Gasteiger partial charge in [0.05, 0.1) is 0 Å². The largest absolute Gasteiger partial charge is 0.396 e. The standard InChI is InChI=1S/C31H42F2O/c1-3-4-22-5-9-24(10-6-22)26-13-15-29(30(32)18-26)27-14-16-28(31(33)19-27)25-11-7-23(8-12-25)17-21(2)20-34/h13-16,18-19,21-25,34H,3-12,17,20H2,1-2H3. The monoisotopic (exact) mass is 468 g/mol. The average molecular weight is 469 g/mol. The van der Waals surface area contributed by atoms with Gasteiger partial charge in [-0.3, -0.25) is 0 Å². The van der Waals surface area contributed by atoms with Gasteiger partial charge in [0.25, 0.3) is 0 Å². The molecule has 2 fully saturated rings. The van der Waals surface area contributed by atoms with Gasteiger partial charge in [-0.05, 0) is 116 Å². The van der Waals surface area contributed by atoms with Gasteiger partial charge in [0.2, 0.25) is 0 Å². The van der Waals surface area contributed by atoms with Crippen LogP contribution in [0.15, 0.2) is 36.4 Å². The van der Waals surface area contributed by atoms with Crippen molar-refractivity contribution in [1.29, 1.82) is 0 Å². The van der Waals surface area contributed by atoms with Crippen LogP contribution in [-0.2, 0) is 0 Å². The van der Waals surface area contributed by atoms with Crippen LogP contribution in [0.3, 0.4) is 0 Å². The Hall–Kier alpha value is -1.74. The van der Waals surface area contributed by atoms with E-state index < -0.39 is 0 Å². The Morgan fingerprint density at radius 2 is 1.50 bits per heavy atom. The molecule has 3 heteroatoms. The molecule has 1 atom stereocenters. The summed E-state index contributed by atoms with van der Waals surface area (Å²) in [6.45, 7) is 4.59. The van der Waals surface area contributed by atoms with E-state index in [0.29, 0.717) is 28.9 Å². The third-order valence-electron chi connectivity index (χ3n) is 8.65. The third kappa shape index (κ3) is 6.08. The molecule has 186 valence electrons. The van der Waals surface area contributed by atoms with Gasteiger partial charge in [-0.1, -0.05) is 51.0 Å². The van der Waals surface area contributed by atoms with Crippen molar-refractivity contribution in [3.63, 3.8) is 0 Å². The van der Waals surface area contributed by atoms with Gasteiger partial charge in [0, 0.05) is 12.2 Å². The first-order chi connectivity index (χ1) is 16.5. The van der Waals surface area contributed by atoms with E-state index in [1.54, 1.807) is 6.07 Å². The summed E-state index contributed by atoms with van der Waals surface area (Å²) in [5, 5.41) is 9.30. The Morgan fingerprint density at radius 1 is 0.824 bits per heavy atom. The van der Waals surface area contributed by atoms with Crippen LogP contribution in [-0.4, -0.2) is 11.7 Å². The second-order valence-corrected chi connectivity index (χ2v) is 11.2. The molecule has 1 nitrogen and oxygen atoms in total. The van der Waals surface area contributed by atoms with Crippen molar-refractivity contribution in [2.24, 2.45) is 17.8 Å². The highest BCUT2D eigenvalue weighted by Crippen LogP contribution is 2.41. The summed E-state index contributed by atoms with van der Waals surface area (Å²) in [6, 6.07) is 10.9. The zero-order chi connectivity index (χ0) is 24.1. The first-order valence-electron chi connectivity index (χ1n) is 13.7. The van der Waals surface area contributed by atoms with E-state index in [1.807, 2.05) is 18.2 Å². The molecule has 0 aromatic heterocycles. The van der Waals surface area contributed by atoms with E-state index in [4.69, 9.17) is 0 Å². The fourth-order valence-electron chi connectivity index (χ4n) is 6.59. The second-order valence-electron chi connectivity index (χ2n) is 11.2. The van der Waals surface area contributed by atoms with E-state index >= 15 is 8.78 Å². The van der Waals surface area contributed by atoms with E-state index in [0.717, 1.165) is 62.0 Å². The van der Waals surface area contributed by atoms with E-state index in [-0.39, 0.29) is 24.2 Å². The van der Waals surface area contributed by atoms with Gasteiger partial charge in [-0.25, -0.2) is 8.78 Å². The lowest BCUT2D eigenvalue weighted by molar-refractivity contribution is 0.192. The summed E-state index contributed by atoms with van der Waals surface area (Å²) < 4.78 is 30.2. The Kier molecular flexibility index (Phi) is 8.80. The van der Waals surface area contributed by atoms with Crippen LogP contribution in [0, 0.1) is 29.4 Å². The van der Waals surface area contributed by atoms with Crippen LogP contribution >= 0.6 is 0 Å². The molecule has 1 unspecified atom stereocenters. The average Bonchev–Trinajstić information content (AvgIpc) is 2.85. The summed E-state index contributed by atoms with van der Waals surface area (Å²) in [4.78, 5) is 0. The molecule has 0 radical (unpaired) electrons. The van der Waals surface area contributed by atoms with E-state index in [2.05, 4.69) is 19.9 Å². The summed E-state index contributed by atoms with van der Waals surface area (Å²) in [5.41, 5.74) is 3.00.